The molecule has 6 nitrogen and oxygen atoms in total. The lowest BCUT2D eigenvalue weighted by Crippen LogP contribution is -2.25. The summed E-state index contributed by atoms with van der Waals surface area (Å²) in [6.07, 6.45) is 2.05. The highest BCUT2D eigenvalue weighted by Gasteiger charge is 2.26. The lowest BCUT2D eigenvalue weighted by Gasteiger charge is -2.06. The van der Waals surface area contributed by atoms with Gasteiger partial charge in [-0.1, -0.05) is 29.3 Å². The van der Waals surface area contributed by atoms with E-state index in [1.54, 1.807) is 25.1 Å². The van der Waals surface area contributed by atoms with Crippen LogP contribution in [0.4, 0.5) is 0 Å². The van der Waals surface area contributed by atoms with Crippen molar-refractivity contribution in [3.8, 4) is 0 Å². The number of rotatable bonds is 5. The van der Waals surface area contributed by atoms with Crippen molar-refractivity contribution in [2.45, 2.75) is 19.8 Å². The Morgan fingerprint density at radius 3 is 2.86 bits per heavy atom. The first-order chi connectivity index (χ1) is 10.5. The summed E-state index contributed by atoms with van der Waals surface area (Å²) >= 11 is 11.7. The predicted octanol–water partition coefficient (Wildman–Crippen LogP) is 2.35. The Kier molecular flexibility index (Phi) is 5.51. The average molecular weight is 341 g/mol. The molecule has 0 spiro atoms. The van der Waals surface area contributed by atoms with Crippen LogP contribution in [0.25, 0.3) is 0 Å². The number of hydrogen-bond acceptors (Lipinski definition) is 4. The van der Waals surface area contributed by atoms with Crippen LogP contribution in [-0.2, 0) is 9.59 Å². The van der Waals surface area contributed by atoms with Gasteiger partial charge in [-0.2, -0.15) is 10.2 Å². The lowest BCUT2D eigenvalue weighted by molar-refractivity contribution is -0.123. The standard InChI is InChI=1S/C14H14Cl2N4O2/c1-8-10(14(22)20-18-8)3-5-13(21)19-17-7-9-2-4-11(15)12(16)6-9/h2,4,6-7,10H,3,5H2,1H3,(H,19,21)(H,20,22). The molecular weight excluding hydrogens is 327 g/mol. The van der Waals surface area contributed by atoms with E-state index in [1.165, 1.54) is 6.21 Å². The molecular formula is C14H14Cl2N4O2. The van der Waals surface area contributed by atoms with E-state index in [-0.39, 0.29) is 24.2 Å². The molecule has 1 aliphatic rings. The van der Waals surface area contributed by atoms with E-state index in [4.69, 9.17) is 23.2 Å². The van der Waals surface area contributed by atoms with Crippen LogP contribution in [0.1, 0.15) is 25.3 Å². The number of carbonyl (C=O) groups excluding carboxylic acids is 2. The maximum Gasteiger partial charge on any atom is 0.248 e. The fraction of sp³-hybridized carbons (Fsp3) is 0.286. The van der Waals surface area contributed by atoms with Crippen molar-refractivity contribution in [2.75, 3.05) is 0 Å². The zero-order valence-corrected chi connectivity index (χ0v) is 13.3. The van der Waals surface area contributed by atoms with Gasteiger partial charge in [-0.25, -0.2) is 10.9 Å². The quantitative estimate of drug-likeness (QED) is 0.637. The summed E-state index contributed by atoms with van der Waals surface area (Å²) in [5.41, 5.74) is 6.19. The third kappa shape index (κ3) is 4.29. The summed E-state index contributed by atoms with van der Waals surface area (Å²) < 4.78 is 0. The number of amides is 2. The topological polar surface area (TPSA) is 82.9 Å². The van der Waals surface area contributed by atoms with E-state index in [1.807, 2.05) is 0 Å². The minimum atomic E-state index is -0.343. The molecule has 0 radical (unpaired) electrons. The Hall–Kier alpha value is -1.92. The van der Waals surface area contributed by atoms with E-state index >= 15 is 0 Å². The highest BCUT2D eigenvalue weighted by molar-refractivity contribution is 6.42. The minimum absolute atomic E-state index is 0.176. The van der Waals surface area contributed by atoms with E-state index in [9.17, 15) is 9.59 Å². The van der Waals surface area contributed by atoms with Gasteiger partial charge < -0.3 is 0 Å². The van der Waals surface area contributed by atoms with Gasteiger partial charge in [-0.3, -0.25) is 9.59 Å². The molecule has 1 heterocycles. The number of nitrogens with zero attached hydrogens (tertiary/aromatic N) is 2. The van der Waals surface area contributed by atoms with E-state index in [0.29, 0.717) is 27.7 Å². The average Bonchev–Trinajstić information content (AvgIpc) is 2.80. The zero-order valence-electron chi connectivity index (χ0n) is 11.8. The molecule has 1 aromatic carbocycles. The van der Waals surface area contributed by atoms with Crippen molar-refractivity contribution in [1.29, 1.82) is 0 Å². The highest BCUT2D eigenvalue weighted by Crippen LogP contribution is 2.21. The second kappa shape index (κ2) is 7.38. The minimum Gasteiger partial charge on any atom is -0.273 e. The summed E-state index contributed by atoms with van der Waals surface area (Å²) in [6.45, 7) is 1.75. The molecule has 116 valence electrons. The van der Waals surface area contributed by atoms with Crippen LogP contribution >= 0.6 is 23.2 Å². The van der Waals surface area contributed by atoms with Crippen molar-refractivity contribution in [3.63, 3.8) is 0 Å². The molecule has 1 aromatic rings. The number of carbonyl (C=O) groups is 2. The van der Waals surface area contributed by atoms with E-state index < -0.39 is 0 Å². The van der Waals surface area contributed by atoms with Gasteiger partial charge in [0, 0.05) is 12.1 Å². The molecule has 2 amide bonds. The van der Waals surface area contributed by atoms with Crippen molar-refractivity contribution in [2.24, 2.45) is 16.1 Å². The summed E-state index contributed by atoms with van der Waals surface area (Å²) in [5.74, 6) is -0.793. The first-order valence-corrected chi connectivity index (χ1v) is 7.34. The monoisotopic (exact) mass is 340 g/mol. The van der Waals surface area contributed by atoms with Crippen LogP contribution < -0.4 is 10.9 Å². The smallest absolute Gasteiger partial charge is 0.248 e. The molecule has 8 heteroatoms. The van der Waals surface area contributed by atoms with Crippen molar-refractivity contribution in [1.82, 2.24) is 10.9 Å². The van der Waals surface area contributed by atoms with Crippen LogP contribution in [-0.4, -0.2) is 23.7 Å². The van der Waals surface area contributed by atoms with Gasteiger partial charge in [0.25, 0.3) is 0 Å². The third-order valence-electron chi connectivity index (χ3n) is 3.17. The molecule has 0 bridgehead atoms. The van der Waals surface area contributed by atoms with Crippen LogP contribution in [0.2, 0.25) is 10.0 Å². The maximum absolute atomic E-state index is 11.7. The Bertz CT molecular complexity index is 658. The van der Waals surface area contributed by atoms with Gasteiger partial charge in [0.2, 0.25) is 11.8 Å². The number of nitrogens with one attached hydrogen (secondary N) is 2. The summed E-state index contributed by atoms with van der Waals surface area (Å²) in [4.78, 5) is 23.1. The van der Waals surface area contributed by atoms with E-state index in [2.05, 4.69) is 21.1 Å². The summed E-state index contributed by atoms with van der Waals surface area (Å²) in [7, 11) is 0. The molecule has 22 heavy (non-hydrogen) atoms. The van der Waals surface area contributed by atoms with Gasteiger partial charge in [0.05, 0.1) is 22.2 Å². The number of hydrogen-bond donors (Lipinski definition) is 2. The van der Waals surface area contributed by atoms with Crippen LogP contribution in [0, 0.1) is 5.92 Å². The molecule has 0 saturated heterocycles. The van der Waals surface area contributed by atoms with Gasteiger partial charge in [-0.05, 0) is 31.0 Å². The second-order valence-electron chi connectivity index (χ2n) is 4.79. The Morgan fingerprint density at radius 1 is 1.45 bits per heavy atom. The summed E-state index contributed by atoms with van der Waals surface area (Å²) in [5, 5.41) is 8.53. The SMILES string of the molecule is CC1=NNC(=O)C1CCC(=O)NN=Cc1ccc(Cl)c(Cl)c1. The first-order valence-electron chi connectivity index (χ1n) is 6.58. The maximum atomic E-state index is 11.7. The largest absolute Gasteiger partial charge is 0.273 e. The number of benzene rings is 1. The third-order valence-corrected chi connectivity index (χ3v) is 3.91. The lowest BCUT2D eigenvalue weighted by atomic mass is 9.99. The van der Waals surface area contributed by atoms with Crippen molar-refractivity contribution >= 4 is 46.9 Å². The molecule has 0 aliphatic carbocycles. The molecule has 2 N–H and O–H groups in total. The van der Waals surface area contributed by atoms with Crippen molar-refractivity contribution < 1.29 is 9.59 Å². The van der Waals surface area contributed by atoms with E-state index in [0.717, 1.165) is 0 Å². The first kappa shape index (κ1) is 16.5. The second-order valence-corrected chi connectivity index (χ2v) is 5.60. The fourth-order valence-corrected chi connectivity index (χ4v) is 2.24. The normalized spacial score (nSPS) is 17.5. The van der Waals surface area contributed by atoms with Crippen LogP contribution in [0.15, 0.2) is 28.4 Å². The van der Waals surface area contributed by atoms with Gasteiger partial charge in [0.1, 0.15) is 0 Å². The zero-order chi connectivity index (χ0) is 16.1. The molecule has 0 aromatic heterocycles. The molecule has 1 unspecified atom stereocenters. The molecule has 0 fully saturated rings. The molecule has 1 aliphatic heterocycles. The Labute approximate surface area is 137 Å². The molecule has 2 rings (SSSR count). The molecule has 0 saturated carbocycles. The summed E-state index contributed by atoms with van der Waals surface area (Å²) in [6, 6.07) is 5.02. The predicted molar refractivity (Wildman–Crippen MR) is 86.2 cm³/mol. The van der Waals surface area contributed by atoms with Crippen LogP contribution in [0.3, 0.4) is 0 Å². The van der Waals surface area contributed by atoms with Gasteiger partial charge in [0.15, 0.2) is 0 Å². The Morgan fingerprint density at radius 2 is 2.23 bits per heavy atom. The number of halogens is 2. The fourth-order valence-electron chi connectivity index (χ4n) is 1.93. The van der Waals surface area contributed by atoms with Gasteiger partial charge in [-0.15, -0.1) is 0 Å². The van der Waals surface area contributed by atoms with Crippen molar-refractivity contribution in [3.05, 3.63) is 33.8 Å². The van der Waals surface area contributed by atoms with Gasteiger partial charge >= 0.3 is 0 Å². The van der Waals surface area contributed by atoms with Crippen LogP contribution in [0.5, 0.6) is 0 Å². The highest BCUT2D eigenvalue weighted by atomic mass is 35.5. The molecule has 1 atom stereocenters. The Balaban J connectivity index is 1.80. The number of hydrazone groups is 2.